The van der Waals surface area contributed by atoms with Crippen LogP contribution in [0.1, 0.15) is 26.3 Å². The van der Waals surface area contributed by atoms with Crippen molar-refractivity contribution in [1.82, 2.24) is 0 Å². The van der Waals surface area contributed by atoms with Gasteiger partial charge in [0, 0.05) is 31.4 Å². The molecule has 1 aromatic rings. The highest BCUT2D eigenvalue weighted by atomic mass is 16.5. The number of likely N-dealkylation sites (N-methyl/N-ethyl adjacent to an activating group) is 1. The van der Waals surface area contributed by atoms with Gasteiger partial charge >= 0.3 is 0 Å². The summed E-state index contributed by atoms with van der Waals surface area (Å²) >= 11 is 0. The average Bonchev–Trinajstić information content (AvgIpc) is 2.32. The minimum absolute atomic E-state index is 0.213. The summed E-state index contributed by atoms with van der Waals surface area (Å²) < 4.78 is 5.23. The summed E-state index contributed by atoms with van der Waals surface area (Å²) in [6.45, 7) is 8.12. The van der Waals surface area contributed by atoms with E-state index in [-0.39, 0.29) is 6.04 Å². The molecule has 0 radical (unpaired) electrons. The molecular weight excluding hydrogens is 224 g/mol. The van der Waals surface area contributed by atoms with Gasteiger partial charge in [-0.25, -0.2) is 0 Å². The molecule has 18 heavy (non-hydrogen) atoms. The molecule has 0 aromatic heterocycles. The Morgan fingerprint density at radius 3 is 2.28 bits per heavy atom. The molecule has 1 rings (SSSR count). The monoisotopic (exact) mass is 250 g/mol. The molecular formula is C15H26N2O. The van der Waals surface area contributed by atoms with Gasteiger partial charge < -0.3 is 15.4 Å². The van der Waals surface area contributed by atoms with E-state index in [1.807, 2.05) is 6.92 Å². The fourth-order valence-corrected chi connectivity index (χ4v) is 2.28. The van der Waals surface area contributed by atoms with Crippen molar-refractivity contribution in [2.24, 2.45) is 5.73 Å². The van der Waals surface area contributed by atoms with E-state index >= 15 is 0 Å². The maximum Gasteiger partial charge on any atom is 0.0663 e. The Balaban J connectivity index is 2.75. The van der Waals surface area contributed by atoms with Crippen molar-refractivity contribution >= 4 is 5.69 Å². The first-order chi connectivity index (χ1) is 8.58. The van der Waals surface area contributed by atoms with Gasteiger partial charge in [0.25, 0.3) is 0 Å². The standard InChI is InChI=1S/C15H26N2O/c1-5-17(13(3)11-18-4)15-8-6-14(7-9-15)10-12(2)16/h6-9,12-13H,5,10-11,16H2,1-4H3. The first kappa shape index (κ1) is 15.0. The normalized spacial score (nSPS) is 14.3. The molecule has 2 N–H and O–H groups in total. The Hall–Kier alpha value is -1.06. The number of methoxy groups -OCH3 is 1. The van der Waals surface area contributed by atoms with Crippen LogP contribution >= 0.6 is 0 Å². The Morgan fingerprint density at radius 2 is 1.83 bits per heavy atom. The number of ether oxygens (including phenoxy) is 1. The highest BCUT2D eigenvalue weighted by Gasteiger charge is 2.12. The topological polar surface area (TPSA) is 38.5 Å². The van der Waals surface area contributed by atoms with Gasteiger partial charge in [-0.3, -0.25) is 0 Å². The molecule has 0 amide bonds. The summed E-state index contributed by atoms with van der Waals surface area (Å²) in [6, 6.07) is 9.28. The van der Waals surface area contributed by atoms with Crippen molar-refractivity contribution in [3.8, 4) is 0 Å². The summed E-state index contributed by atoms with van der Waals surface area (Å²) in [6.07, 6.45) is 0.931. The van der Waals surface area contributed by atoms with Crippen LogP contribution in [0.15, 0.2) is 24.3 Å². The maximum absolute atomic E-state index is 5.81. The molecule has 0 heterocycles. The second kappa shape index (κ2) is 7.39. The van der Waals surface area contributed by atoms with Gasteiger partial charge in [-0.05, 0) is 44.9 Å². The number of hydrogen-bond acceptors (Lipinski definition) is 3. The van der Waals surface area contributed by atoms with Crippen LogP contribution in [0.25, 0.3) is 0 Å². The van der Waals surface area contributed by atoms with Crippen LogP contribution in [0, 0.1) is 0 Å². The highest BCUT2D eigenvalue weighted by molar-refractivity contribution is 5.48. The zero-order chi connectivity index (χ0) is 13.5. The van der Waals surface area contributed by atoms with Crippen molar-refractivity contribution in [2.75, 3.05) is 25.2 Å². The smallest absolute Gasteiger partial charge is 0.0663 e. The predicted molar refractivity (Wildman–Crippen MR) is 78.2 cm³/mol. The summed E-state index contributed by atoms with van der Waals surface area (Å²) in [5.74, 6) is 0. The van der Waals surface area contributed by atoms with Crippen LogP contribution in [-0.4, -0.2) is 32.3 Å². The number of benzene rings is 1. The number of hydrogen-bond donors (Lipinski definition) is 1. The van der Waals surface area contributed by atoms with Gasteiger partial charge in [0.2, 0.25) is 0 Å². The Bertz CT molecular complexity index is 335. The maximum atomic E-state index is 5.81. The first-order valence-corrected chi connectivity index (χ1v) is 6.68. The van der Waals surface area contributed by atoms with Crippen LogP contribution in [0.2, 0.25) is 0 Å². The minimum atomic E-state index is 0.213. The zero-order valence-electron chi connectivity index (χ0n) is 12.0. The third-order valence-corrected chi connectivity index (χ3v) is 3.11. The van der Waals surface area contributed by atoms with E-state index in [9.17, 15) is 0 Å². The fraction of sp³-hybridized carbons (Fsp3) is 0.600. The van der Waals surface area contributed by atoms with E-state index in [1.165, 1.54) is 11.3 Å². The molecule has 0 saturated carbocycles. The van der Waals surface area contributed by atoms with Gasteiger partial charge in [0.05, 0.1) is 6.61 Å². The van der Waals surface area contributed by atoms with Crippen molar-refractivity contribution in [1.29, 1.82) is 0 Å². The average molecular weight is 250 g/mol. The molecule has 0 fully saturated rings. The number of anilines is 1. The molecule has 0 aliphatic rings. The molecule has 0 spiro atoms. The second-order valence-corrected chi connectivity index (χ2v) is 4.94. The van der Waals surface area contributed by atoms with Crippen LogP contribution in [-0.2, 0) is 11.2 Å². The van der Waals surface area contributed by atoms with Crippen LogP contribution in [0.3, 0.4) is 0 Å². The zero-order valence-corrected chi connectivity index (χ0v) is 12.0. The molecule has 0 bridgehead atoms. The Kier molecular flexibility index (Phi) is 6.16. The van der Waals surface area contributed by atoms with Crippen molar-refractivity contribution in [2.45, 2.75) is 39.3 Å². The minimum Gasteiger partial charge on any atom is -0.383 e. The van der Waals surface area contributed by atoms with Crippen molar-refractivity contribution in [3.05, 3.63) is 29.8 Å². The quantitative estimate of drug-likeness (QED) is 0.808. The van der Waals surface area contributed by atoms with E-state index in [4.69, 9.17) is 10.5 Å². The third kappa shape index (κ3) is 4.31. The molecule has 3 heteroatoms. The Morgan fingerprint density at radius 1 is 1.22 bits per heavy atom. The molecule has 3 nitrogen and oxygen atoms in total. The van der Waals surface area contributed by atoms with Gasteiger partial charge in [0.1, 0.15) is 0 Å². The summed E-state index contributed by atoms with van der Waals surface area (Å²) in [5, 5.41) is 0. The van der Waals surface area contributed by atoms with Gasteiger partial charge in [-0.2, -0.15) is 0 Å². The molecule has 1 aromatic carbocycles. The van der Waals surface area contributed by atoms with Gasteiger partial charge in [-0.15, -0.1) is 0 Å². The molecule has 2 atom stereocenters. The second-order valence-electron chi connectivity index (χ2n) is 4.94. The van der Waals surface area contributed by atoms with Gasteiger partial charge in [0.15, 0.2) is 0 Å². The lowest BCUT2D eigenvalue weighted by atomic mass is 10.1. The van der Waals surface area contributed by atoms with E-state index in [1.54, 1.807) is 7.11 Å². The van der Waals surface area contributed by atoms with Crippen LogP contribution in [0.4, 0.5) is 5.69 Å². The first-order valence-electron chi connectivity index (χ1n) is 6.68. The van der Waals surface area contributed by atoms with Crippen LogP contribution < -0.4 is 10.6 Å². The third-order valence-electron chi connectivity index (χ3n) is 3.11. The van der Waals surface area contributed by atoms with E-state index in [2.05, 4.69) is 43.0 Å². The molecule has 0 aliphatic carbocycles. The molecule has 0 aliphatic heterocycles. The molecule has 2 unspecified atom stereocenters. The lowest BCUT2D eigenvalue weighted by Crippen LogP contribution is -2.36. The lowest BCUT2D eigenvalue weighted by Gasteiger charge is -2.30. The number of rotatable bonds is 7. The largest absolute Gasteiger partial charge is 0.383 e. The number of nitrogens with zero attached hydrogens (tertiary/aromatic N) is 1. The van der Waals surface area contributed by atoms with Crippen LogP contribution in [0.5, 0.6) is 0 Å². The highest BCUT2D eigenvalue weighted by Crippen LogP contribution is 2.18. The van der Waals surface area contributed by atoms with E-state index in [0.717, 1.165) is 19.6 Å². The molecule has 0 saturated heterocycles. The van der Waals surface area contributed by atoms with Gasteiger partial charge in [-0.1, -0.05) is 12.1 Å². The number of nitrogens with two attached hydrogens (primary N) is 1. The van der Waals surface area contributed by atoms with E-state index in [0.29, 0.717) is 6.04 Å². The molecule has 102 valence electrons. The fourth-order valence-electron chi connectivity index (χ4n) is 2.28. The lowest BCUT2D eigenvalue weighted by molar-refractivity contribution is 0.182. The van der Waals surface area contributed by atoms with E-state index < -0.39 is 0 Å². The summed E-state index contributed by atoms with van der Waals surface area (Å²) in [4.78, 5) is 2.35. The van der Waals surface area contributed by atoms with Crippen molar-refractivity contribution in [3.63, 3.8) is 0 Å². The van der Waals surface area contributed by atoms with Crippen molar-refractivity contribution < 1.29 is 4.74 Å². The predicted octanol–water partition coefficient (Wildman–Crippen LogP) is 2.44. The summed E-state index contributed by atoms with van der Waals surface area (Å²) in [7, 11) is 1.75. The SMILES string of the molecule is CCN(c1ccc(CC(C)N)cc1)C(C)COC. The Labute approximate surface area is 111 Å². The summed E-state index contributed by atoms with van der Waals surface area (Å²) in [5.41, 5.74) is 8.35.